The number of amides is 1. The fraction of sp³-hybridized carbons (Fsp3) is 0.0556. The number of methoxy groups -OCH3 is 1. The Hall–Kier alpha value is -3.52. The average Bonchev–Trinajstić information content (AvgIpc) is 2.70. The molecule has 1 aromatic heterocycles. The number of nitrogen functional groups attached to an aromatic ring is 1. The minimum absolute atomic E-state index is 0.243. The van der Waals surface area contributed by atoms with Crippen molar-refractivity contribution in [2.45, 2.75) is 0 Å². The molecule has 0 saturated heterocycles. The van der Waals surface area contributed by atoms with Crippen LogP contribution in [0.1, 0.15) is 10.4 Å². The molecule has 0 radical (unpaired) electrons. The summed E-state index contributed by atoms with van der Waals surface area (Å²) < 4.78 is 5.18. The first kappa shape index (κ1) is 18.3. The molecule has 1 amide bonds. The predicted octanol–water partition coefficient (Wildman–Crippen LogP) is 3.22. The Balaban J connectivity index is 1.72. The SMILES string of the molecule is COc1ccccc1C(=O)NNc1ncnc(Nc2ccc(Cl)cc2)c1N. The summed E-state index contributed by atoms with van der Waals surface area (Å²) >= 11 is 5.88. The Morgan fingerprint density at radius 3 is 2.52 bits per heavy atom. The molecule has 5 N–H and O–H groups in total. The molecule has 27 heavy (non-hydrogen) atoms. The highest BCUT2D eigenvalue weighted by Gasteiger charge is 2.13. The lowest BCUT2D eigenvalue weighted by Crippen LogP contribution is -2.30. The molecule has 9 heteroatoms. The van der Waals surface area contributed by atoms with E-state index in [1.54, 1.807) is 48.5 Å². The van der Waals surface area contributed by atoms with E-state index >= 15 is 0 Å². The summed E-state index contributed by atoms with van der Waals surface area (Å²) in [5, 5.41) is 3.69. The van der Waals surface area contributed by atoms with E-state index in [1.807, 2.05) is 0 Å². The van der Waals surface area contributed by atoms with Crippen molar-refractivity contribution >= 4 is 40.5 Å². The molecular formula is C18H17ClN6O2. The maximum atomic E-state index is 12.4. The maximum absolute atomic E-state index is 12.4. The van der Waals surface area contributed by atoms with Gasteiger partial charge in [-0.25, -0.2) is 9.97 Å². The highest BCUT2D eigenvalue weighted by atomic mass is 35.5. The average molecular weight is 385 g/mol. The van der Waals surface area contributed by atoms with Gasteiger partial charge in [0.1, 0.15) is 17.8 Å². The number of nitrogens with one attached hydrogen (secondary N) is 3. The minimum Gasteiger partial charge on any atom is -0.496 e. The number of para-hydroxylation sites is 1. The van der Waals surface area contributed by atoms with E-state index in [-0.39, 0.29) is 11.5 Å². The number of nitrogens with two attached hydrogens (primary N) is 1. The monoisotopic (exact) mass is 384 g/mol. The van der Waals surface area contributed by atoms with Crippen LogP contribution >= 0.6 is 11.6 Å². The molecule has 1 heterocycles. The molecule has 8 nitrogen and oxygen atoms in total. The number of hydrogen-bond donors (Lipinski definition) is 4. The van der Waals surface area contributed by atoms with Gasteiger partial charge in [-0.05, 0) is 36.4 Å². The standard InChI is InChI=1S/C18H17ClN6O2/c1-27-14-5-3-2-4-13(14)18(26)25-24-17-15(20)16(21-10-22-17)23-12-8-6-11(19)7-9-12/h2-10H,20H2,1H3,(H,25,26)(H2,21,22,23,24). The molecule has 0 aliphatic carbocycles. The lowest BCUT2D eigenvalue weighted by atomic mass is 10.2. The number of carbonyl (C=O) groups excluding carboxylic acids is 1. The molecule has 0 fully saturated rings. The van der Waals surface area contributed by atoms with Gasteiger partial charge in [-0.3, -0.25) is 15.6 Å². The van der Waals surface area contributed by atoms with Crippen molar-refractivity contribution in [2.75, 3.05) is 23.6 Å². The summed E-state index contributed by atoms with van der Waals surface area (Å²) in [5.74, 6) is 0.710. The molecule has 3 rings (SSSR count). The molecule has 0 aliphatic heterocycles. The van der Waals surface area contributed by atoms with E-state index in [2.05, 4.69) is 26.1 Å². The normalized spacial score (nSPS) is 10.1. The van der Waals surface area contributed by atoms with Gasteiger partial charge in [-0.2, -0.15) is 0 Å². The summed E-state index contributed by atoms with van der Waals surface area (Å²) in [4.78, 5) is 20.5. The van der Waals surface area contributed by atoms with Gasteiger partial charge in [0, 0.05) is 10.7 Å². The Kier molecular flexibility index (Phi) is 5.58. The number of benzene rings is 2. The number of hydrazine groups is 1. The van der Waals surface area contributed by atoms with E-state index in [9.17, 15) is 4.79 Å². The second-order valence-corrected chi connectivity index (χ2v) is 5.83. The Morgan fingerprint density at radius 2 is 1.78 bits per heavy atom. The zero-order chi connectivity index (χ0) is 19.2. The lowest BCUT2D eigenvalue weighted by Gasteiger charge is -2.14. The molecule has 0 saturated carbocycles. The summed E-state index contributed by atoms with van der Waals surface area (Å²) in [6.07, 6.45) is 1.33. The van der Waals surface area contributed by atoms with Crippen LogP contribution in [0, 0.1) is 0 Å². The number of ether oxygens (including phenoxy) is 1. The molecule has 0 atom stereocenters. The van der Waals surface area contributed by atoms with Crippen molar-refractivity contribution in [1.29, 1.82) is 0 Å². The summed E-state index contributed by atoms with van der Waals surface area (Å²) in [6, 6.07) is 13.9. The van der Waals surface area contributed by atoms with Gasteiger partial charge in [0.05, 0.1) is 12.7 Å². The van der Waals surface area contributed by atoms with Crippen molar-refractivity contribution in [3.63, 3.8) is 0 Å². The van der Waals surface area contributed by atoms with Crippen LogP contribution in [0.3, 0.4) is 0 Å². The van der Waals surface area contributed by atoms with E-state index in [4.69, 9.17) is 22.1 Å². The number of hydrogen-bond acceptors (Lipinski definition) is 7. The second kappa shape index (κ2) is 8.24. The number of aromatic nitrogens is 2. The molecule has 0 bridgehead atoms. The first-order chi connectivity index (χ1) is 13.1. The molecule has 0 aliphatic rings. The number of carbonyl (C=O) groups is 1. The van der Waals surface area contributed by atoms with Crippen LogP contribution in [0.25, 0.3) is 0 Å². The summed E-state index contributed by atoms with van der Waals surface area (Å²) in [7, 11) is 1.50. The Bertz CT molecular complexity index is 949. The van der Waals surface area contributed by atoms with Gasteiger partial charge in [0.25, 0.3) is 5.91 Å². The van der Waals surface area contributed by atoms with Crippen molar-refractivity contribution in [3.05, 3.63) is 65.4 Å². The van der Waals surface area contributed by atoms with Crippen LogP contribution in [0.2, 0.25) is 5.02 Å². The molecule has 0 spiro atoms. The van der Waals surface area contributed by atoms with Crippen LogP contribution < -0.4 is 26.6 Å². The van der Waals surface area contributed by atoms with E-state index in [0.29, 0.717) is 22.2 Å². The zero-order valence-electron chi connectivity index (χ0n) is 14.4. The highest BCUT2D eigenvalue weighted by molar-refractivity contribution is 6.30. The van der Waals surface area contributed by atoms with Gasteiger partial charge < -0.3 is 15.8 Å². The van der Waals surface area contributed by atoms with Crippen molar-refractivity contribution in [2.24, 2.45) is 0 Å². The van der Waals surface area contributed by atoms with Gasteiger partial charge in [-0.15, -0.1) is 0 Å². The first-order valence-electron chi connectivity index (χ1n) is 7.91. The van der Waals surface area contributed by atoms with Crippen LogP contribution in [-0.4, -0.2) is 23.0 Å². The van der Waals surface area contributed by atoms with Crippen LogP contribution in [0.5, 0.6) is 5.75 Å². The van der Waals surface area contributed by atoms with Crippen LogP contribution in [-0.2, 0) is 0 Å². The number of anilines is 4. The fourth-order valence-corrected chi connectivity index (χ4v) is 2.41. The van der Waals surface area contributed by atoms with Gasteiger partial charge in [0.2, 0.25) is 0 Å². The van der Waals surface area contributed by atoms with Crippen molar-refractivity contribution < 1.29 is 9.53 Å². The maximum Gasteiger partial charge on any atom is 0.273 e. The van der Waals surface area contributed by atoms with E-state index in [0.717, 1.165) is 5.69 Å². The predicted molar refractivity (Wildman–Crippen MR) is 105 cm³/mol. The quantitative estimate of drug-likeness (QED) is 0.482. The second-order valence-electron chi connectivity index (χ2n) is 5.40. The third kappa shape index (κ3) is 4.36. The zero-order valence-corrected chi connectivity index (χ0v) is 15.1. The molecule has 2 aromatic carbocycles. The highest BCUT2D eigenvalue weighted by Crippen LogP contribution is 2.26. The topological polar surface area (TPSA) is 114 Å². The van der Waals surface area contributed by atoms with Gasteiger partial charge >= 0.3 is 0 Å². The fourth-order valence-electron chi connectivity index (χ4n) is 2.28. The summed E-state index contributed by atoms with van der Waals surface area (Å²) in [6.45, 7) is 0. The van der Waals surface area contributed by atoms with Crippen LogP contribution in [0.4, 0.5) is 23.0 Å². The van der Waals surface area contributed by atoms with Gasteiger partial charge in [0.15, 0.2) is 11.6 Å². The smallest absolute Gasteiger partial charge is 0.273 e. The molecule has 0 unspecified atom stereocenters. The Morgan fingerprint density at radius 1 is 1.07 bits per heavy atom. The van der Waals surface area contributed by atoms with Gasteiger partial charge in [-0.1, -0.05) is 23.7 Å². The van der Waals surface area contributed by atoms with Crippen LogP contribution in [0.15, 0.2) is 54.9 Å². The number of rotatable bonds is 6. The van der Waals surface area contributed by atoms with E-state index < -0.39 is 5.91 Å². The third-order valence-corrected chi connectivity index (χ3v) is 3.89. The van der Waals surface area contributed by atoms with E-state index in [1.165, 1.54) is 13.4 Å². The molecular weight excluding hydrogens is 368 g/mol. The largest absolute Gasteiger partial charge is 0.496 e. The molecule has 138 valence electrons. The third-order valence-electron chi connectivity index (χ3n) is 3.64. The molecule has 3 aromatic rings. The Labute approximate surface area is 160 Å². The first-order valence-corrected chi connectivity index (χ1v) is 8.28. The lowest BCUT2D eigenvalue weighted by molar-refractivity contribution is 0.0959. The number of nitrogens with zero attached hydrogens (tertiary/aromatic N) is 2. The van der Waals surface area contributed by atoms with Crippen molar-refractivity contribution in [3.8, 4) is 5.75 Å². The summed E-state index contributed by atoms with van der Waals surface area (Å²) in [5.41, 5.74) is 12.7. The number of halogens is 1. The van der Waals surface area contributed by atoms with Crippen molar-refractivity contribution in [1.82, 2.24) is 15.4 Å². The minimum atomic E-state index is -0.391.